The van der Waals surface area contributed by atoms with Crippen LogP contribution >= 0.6 is 0 Å². The molecular weight excluding hydrogens is 458 g/mol. The third-order valence-corrected chi connectivity index (χ3v) is 7.79. The van der Waals surface area contributed by atoms with E-state index in [-0.39, 0.29) is 0 Å². The number of hydrogen-bond acceptors (Lipinski definition) is 0. The largest absolute Gasteiger partial charge is 0.309 e. The molecule has 0 bridgehead atoms. The number of hydrogen-bond donors (Lipinski definition) is 0. The first-order valence-electron chi connectivity index (χ1n) is 13.4. The molecule has 7 rings (SSSR count). The summed E-state index contributed by atoms with van der Waals surface area (Å²) in [6.07, 6.45) is 10.9. The molecule has 1 atom stereocenters. The van der Waals surface area contributed by atoms with Crippen LogP contribution in [-0.4, -0.2) is 4.57 Å². The number of para-hydroxylation sites is 2. The lowest BCUT2D eigenvalue weighted by molar-refractivity contribution is 0.852. The molecule has 1 aromatic heterocycles. The highest BCUT2D eigenvalue weighted by molar-refractivity contribution is 6.09. The first kappa shape index (κ1) is 22.6. The zero-order chi connectivity index (χ0) is 25.3. The van der Waals surface area contributed by atoms with E-state index in [9.17, 15) is 0 Å². The Balaban J connectivity index is 1.11. The molecule has 0 fully saturated rings. The van der Waals surface area contributed by atoms with Crippen LogP contribution in [0.3, 0.4) is 0 Å². The zero-order valence-corrected chi connectivity index (χ0v) is 21.3. The fourth-order valence-corrected chi connectivity index (χ4v) is 5.76. The van der Waals surface area contributed by atoms with Crippen molar-refractivity contribution in [2.45, 2.75) is 18.8 Å². The van der Waals surface area contributed by atoms with Crippen molar-refractivity contribution in [3.05, 3.63) is 162 Å². The normalized spacial score (nSPS) is 14.9. The lowest BCUT2D eigenvalue weighted by Crippen LogP contribution is -1.97. The topological polar surface area (TPSA) is 4.93 Å². The summed E-state index contributed by atoms with van der Waals surface area (Å²) in [7, 11) is 0. The molecule has 0 aliphatic heterocycles. The molecular formula is C37H29N. The van der Waals surface area contributed by atoms with Gasteiger partial charge in [-0.1, -0.05) is 121 Å². The minimum absolute atomic E-state index is 0.509. The molecule has 0 saturated carbocycles. The molecule has 1 aliphatic carbocycles. The van der Waals surface area contributed by atoms with Gasteiger partial charge in [0.1, 0.15) is 0 Å². The zero-order valence-electron chi connectivity index (χ0n) is 21.3. The molecule has 1 heterocycles. The number of benzene rings is 5. The Bertz CT molecular complexity index is 1730. The van der Waals surface area contributed by atoms with Crippen LogP contribution in [0.5, 0.6) is 0 Å². The summed E-state index contributed by atoms with van der Waals surface area (Å²) in [6.45, 7) is 0. The fourth-order valence-electron chi connectivity index (χ4n) is 5.76. The van der Waals surface area contributed by atoms with Gasteiger partial charge in [0.25, 0.3) is 0 Å². The Kier molecular flexibility index (Phi) is 5.75. The van der Waals surface area contributed by atoms with Crippen molar-refractivity contribution in [3.63, 3.8) is 0 Å². The van der Waals surface area contributed by atoms with E-state index in [2.05, 4.69) is 150 Å². The van der Waals surface area contributed by atoms with Gasteiger partial charge in [0.2, 0.25) is 0 Å². The van der Waals surface area contributed by atoms with Gasteiger partial charge in [-0.25, -0.2) is 0 Å². The average Bonchev–Trinajstić information content (AvgIpc) is 3.33. The van der Waals surface area contributed by atoms with Crippen molar-refractivity contribution in [2.75, 3.05) is 0 Å². The van der Waals surface area contributed by atoms with E-state index in [1.807, 2.05) is 0 Å². The van der Waals surface area contributed by atoms with Crippen LogP contribution in [0, 0.1) is 0 Å². The van der Waals surface area contributed by atoms with Gasteiger partial charge in [-0.3, -0.25) is 0 Å². The fraction of sp³-hybridized carbons (Fsp3) is 0.0811. The first-order chi connectivity index (χ1) is 18.8. The highest BCUT2D eigenvalue weighted by Gasteiger charge is 2.12. The summed E-state index contributed by atoms with van der Waals surface area (Å²) < 4.78 is 2.37. The van der Waals surface area contributed by atoms with Gasteiger partial charge >= 0.3 is 0 Å². The second-order valence-electron chi connectivity index (χ2n) is 10.2. The second kappa shape index (κ2) is 9.68. The number of rotatable bonds is 5. The van der Waals surface area contributed by atoms with Crippen LogP contribution in [0.15, 0.2) is 146 Å². The second-order valence-corrected chi connectivity index (χ2v) is 10.2. The van der Waals surface area contributed by atoms with E-state index in [4.69, 9.17) is 0 Å². The van der Waals surface area contributed by atoms with Gasteiger partial charge in [-0.15, -0.1) is 0 Å². The molecule has 6 aromatic rings. The standard InChI is InChI=1S/C37H29N/c1-2-8-29(9-3-1)30-18-14-27(15-19-30)26-28-16-20-31(21-17-28)32-22-24-33(25-23-32)38-36-12-6-4-10-34(36)35-11-5-7-13-37(35)38/h1-8,10-25,29H,9,26H2. The van der Waals surface area contributed by atoms with Crippen LogP contribution in [0.2, 0.25) is 0 Å². The highest BCUT2D eigenvalue weighted by Crippen LogP contribution is 2.32. The summed E-state index contributed by atoms with van der Waals surface area (Å²) in [5, 5.41) is 2.58. The minimum Gasteiger partial charge on any atom is -0.309 e. The predicted octanol–water partition coefficient (Wildman–Crippen LogP) is 9.64. The van der Waals surface area contributed by atoms with E-state index < -0.39 is 0 Å². The van der Waals surface area contributed by atoms with Crippen LogP contribution in [-0.2, 0) is 6.42 Å². The molecule has 0 N–H and O–H groups in total. The van der Waals surface area contributed by atoms with Crippen LogP contribution in [0.25, 0.3) is 38.6 Å². The van der Waals surface area contributed by atoms with Crippen molar-refractivity contribution < 1.29 is 0 Å². The van der Waals surface area contributed by atoms with Crippen LogP contribution < -0.4 is 0 Å². The number of fused-ring (bicyclic) bond motifs is 3. The van der Waals surface area contributed by atoms with E-state index in [1.165, 1.54) is 55.3 Å². The smallest absolute Gasteiger partial charge is 0.0541 e. The Morgan fingerprint density at radius 1 is 0.553 bits per heavy atom. The SMILES string of the molecule is C1=CCC(c2ccc(Cc3ccc(-c4ccc(-n5c6ccccc6c6ccccc65)cc4)cc3)cc2)C=C1. The number of aromatic nitrogens is 1. The molecule has 1 heteroatoms. The molecule has 0 saturated heterocycles. The third-order valence-electron chi connectivity index (χ3n) is 7.79. The van der Waals surface area contributed by atoms with E-state index >= 15 is 0 Å². The highest BCUT2D eigenvalue weighted by atomic mass is 15.0. The molecule has 182 valence electrons. The molecule has 0 radical (unpaired) electrons. The molecule has 1 nitrogen and oxygen atoms in total. The lowest BCUT2D eigenvalue weighted by atomic mass is 9.91. The van der Waals surface area contributed by atoms with Crippen LogP contribution in [0.4, 0.5) is 0 Å². The molecule has 1 aliphatic rings. The maximum absolute atomic E-state index is 2.37. The summed E-state index contributed by atoms with van der Waals surface area (Å²) in [4.78, 5) is 0. The number of nitrogens with zero attached hydrogens (tertiary/aromatic N) is 1. The summed E-state index contributed by atoms with van der Waals surface area (Å²) in [6, 6.07) is 44.4. The van der Waals surface area contributed by atoms with Gasteiger partial charge < -0.3 is 4.57 Å². The molecule has 5 aromatic carbocycles. The Hall–Kier alpha value is -4.62. The van der Waals surface area contributed by atoms with Crippen molar-refractivity contribution in [2.24, 2.45) is 0 Å². The monoisotopic (exact) mass is 487 g/mol. The Morgan fingerprint density at radius 2 is 1.11 bits per heavy atom. The summed E-state index contributed by atoms with van der Waals surface area (Å²) >= 11 is 0. The van der Waals surface area contributed by atoms with Gasteiger partial charge in [-0.05, 0) is 64.9 Å². The van der Waals surface area contributed by atoms with Crippen LogP contribution in [0.1, 0.15) is 29.0 Å². The van der Waals surface area contributed by atoms with E-state index in [0.29, 0.717) is 5.92 Å². The van der Waals surface area contributed by atoms with Gasteiger partial charge in [0.05, 0.1) is 11.0 Å². The van der Waals surface area contributed by atoms with Crippen molar-refractivity contribution in [1.82, 2.24) is 4.57 Å². The minimum atomic E-state index is 0.509. The van der Waals surface area contributed by atoms with E-state index in [1.54, 1.807) is 0 Å². The summed E-state index contributed by atoms with van der Waals surface area (Å²) in [5.74, 6) is 0.509. The Labute approximate surface area is 224 Å². The first-order valence-corrected chi connectivity index (χ1v) is 13.4. The van der Waals surface area contributed by atoms with Crippen molar-refractivity contribution >= 4 is 21.8 Å². The maximum atomic E-state index is 2.37. The quantitative estimate of drug-likeness (QED) is 0.228. The molecule has 1 unspecified atom stereocenters. The van der Waals surface area contributed by atoms with Crippen molar-refractivity contribution in [3.8, 4) is 16.8 Å². The summed E-state index contributed by atoms with van der Waals surface area (Å²) in [5.41, 5.74) is 10.2. The molecule has 0 amide bonds. The van der Waals surface area contributed by atoms with Gasteiger partial charge in [0.15, 0.2) is 0 Å². The average molecular weight is 488 g/mol. The molecule has 0 spiro atoms. The maximum Gasteiger partial charge on any atom is 0.0541 e. The molecule has 38 heavy (non-hydrogen) atoms. The van der Waals surface area contributed by atoms with E-state index in [0.717, 1.165) is 12.8 Å². The third kappa shape index (κ3) is 4.17. The predicted molar refractivity (Wildman–Crippen MR) is 161 cm³/mol. The van der Waals surface area contributed by atoms with Gasteiger partial charge in [0, 0.05) is 22.4 Å². The Morgan fingerprint density at radius 3 is 1.68 bits per heavy atom. The van der Waals surface area contributed by atoms with Crippen molar-refractivity contribution in [1.29, 1.82) is 0 Å². The lowest BCUT2D eigenvalue weighted by Gasteiger charge is -2.14. The van der Waals surface area contributed by atoms with Gasteiger partial charge in [-0.2, -0.15) is 0 Å². The number of allylic oxidation sites excluding steroid dienone is 4.